The molecule has 16 heavy (non-hydrogen) atoms. The molecular weight excluding hydrogens is 218 g/mol. The van der Waals surface area contributed by atoms with Crippen molar-refractivity contribution in [2.75, 3.05) is 5.88 Å². The van der Waals surface area contributed by atoms with E-state index in [4.69, 9.17) is 17.3 Å². The van der Waals surface area contributed by atoms with Crippen LogP contribution in [0.2, 0.25) is 0 Å². The number of nitrogens with two attached hydrogens (primary N) is 1. The fraction of sp³-hybridized carbons (Fsp3) is 0.929. The van der Waals surface area contributed by atoms with Gasteiger partial charge in [0.1, 0.15) is 0 Å². The largest absolute Gasteiger partial charge is 0.323 e. The van der Waals surface area contributed by atoms with Crippen LogP contribution in [-0.4, -0.2) is 5.88 Å². The zero-order valence-electron chi connectivity index (χ0n) is 11.9. The van der Waals surface area contributed by atoms with E-state index in [1.54, 1.807) is 0 Å². The number of hydrogen-bond donors (Lipinski definition) is 1. The first-order chi connectivity index (χ1) is 7.54. The highest BCUT2D eigenvalue weighted by Gasteiger charge is 2.16. The maximum absolute atomic E-state index is 5.90. The lowest BCUT2D eigenvalue weighted by Crippen LogP contribution is -2.25. The molecule has 0 aromatic heterocycles. The van der Waals surface area contributed by atoms with Gasteiger partial charge in [-0.2, -0.15) is 0 Å². The molecule has 1 radical (unpaired) electrons. The van der Waals surface area contributed by atoms with E-state index in [9.17, 15) is 0 Å². The van der Waals surface area contributed by atoms with Crippen molar-refractivity contribution in [1.29, 1.82) is 0 Å². The van der Waals surface area contributed by atoms with Crippen LogP contribution in [0.15, 0.2) is 0 Å². The fourth-order valence-electron chi connectivity index (χ4n) is 1.30. The standard InChI is InChI=1S/C9H20N.C5H11Cl/c1-5-7(3)9(10)8(4)6-2;1-2-3-4-5-6/h7-8H,5-6,10H2,1-4H3;2-5H2,1H3. The van der Waals surface area contributed by atoms with Crippen molar-refractivity contribution >= 4 is 11.6 Å². The van der Waals surface area contributed by atoms with Gasteiger partial charge in [-0.15, -0.1) is 11.6 Å². The maximum atomic E-state index is 5.90. The van der Waals surface area contributed by atoms with Gasteiger partial charge in [0, 0.05) is 11.9 Å². The number of rotatable bonds is 7. The Bertz CT molecular complexity index is 114. The van der Waals surface area contributed by atoms with Crippen molar-refractivity contribution in [1.82, 2.24) is 0 Å². The molecule has 0 aromatic rings. The van der Waals surface area contributed by atoms with Gasteiger partial charge >= 0.3 is 0 Å². The van der Waals surface area contributed by atoms with Crippen LogP contribution >= 0.6 is 11.6 Å². The molecule has 0 aliphatic rings. The summed E-state index contributed by atoms with van der Waals surface area (Å²) < 4.78 is 0. The summed E-state index contributed by atoms with van der Waals surface area (Å²) in [6.45, 7) is 10.9. The molecule has 0 spiro atoms. The number of hydrogen-bond acceptors (Lipinski definition) is 1. The number of alkyl halides is 1. The third kappa shape index (κ3) is 10.8. The summed E-state index contributed by atoms with van der Waals surface area (Å²) in [7, 11) is 0. The molecular formula is C14H31ClN. The van der Waals surface area contributed by atoms with Crippen LogP contribution in [0.1, 0.15) is 66.7 Å². The number of unbranched alkanes of at least 4 members (excludes halogenated alkanes) is 2. The van der Waals surface area contributed by atoms with Crippen LogP contribution in [0.3, 0.4) is 0 Å². The monoisotopic (exact) mass is 248 g/mol. The third-order valence-corrected chi connectivity index (χ3v) is 3.37. The van der Waals surface area contributed by atoms with Crippen LogP contribution in [-0.2, 0) is 0 Å². The highest BCUT2D eigenvalue weighted by Crippen LogP contribution is 2.22. The topological polar surface area (TPSA) is 26.0 Å². The summed E-state index contributed by atoms with van der Waals surface area (Å²) in [5, 5.41) is 0. The molecule has 0 saturated carbocycles. The minimum atomic E-state index is 0.593. The lowest BCUT2D eigenvalue weighted by atomic mass is 9.88. The Morgan fingerprint density at radius 1 is 1.00 bits per heavy atom. The van der Waals surface area contributed by atoms with Crippen LogP contribution in [0.25, 0.3) is 0 Å². The van der Waals surface area contributed by atoms with E-state index in [1.165, 1.54) is 25.3 Å². The molecule has 0 bridgehead atoms. The molecule has 99 valence electrons. The maximum Gasteiger partial charge on any atom is 0.0393 e. The van der Waals surface area contributed by atoms with Gasteiger partial charge in [-0.05, 0) is 18.3 Å². The highest BCUT2D eigenvalue weighted by atomic mass is 35.5. The highest BCUT2D eigenvalue weighted by molar-refractivity contribution is 6.17. The first-order valence-electron chi connectivity index (χ1n) is 6.73. The minimum Gasteiger partial charge on any atom is -0.323 e. The lowest BCUT2D eigenvalue weighted by Gasteiger charge is -2.22. The summed E-state index contributed by atoms with van der Waals surface area (Å²) >= 11 is 5.38. The smallest absolute Gasteiger partial charge is 0.0393 e. The Morgan fingerprint density at radius 3 is 1.62 bits per heavy atom. The van der Waals surface area contributed by atoms with E-state index in [1.807, 2.05) is 0 Å². The molecule has 2 unspecified atom stereocenters. The van der Waals surface area contributed by atoms with Crippen molar-refractivity contribution in [2.24, 2.45) is 17.6 Å². The zero-order valence-corrected chi connectivity index (χ0v) is 12.6. The molecule has 0 fully saturated rings. The Labute approximate surface area is 108 Å². The number of halogens is 1. The zero-order chi connectivity index (χ0) is 13.0. The molecule has 1 nitrogen and oxygen atoms in total. The van der Waals surface area contributed by atoms with Crippen molar-refractivity contribution in [3.05, 3.63) is 6.04 Å². The second kappa shape index (κ2) is 13.3. The van der Waals surface area contributed by atoms with E-state index in [2.05, 4.69) is 34.6 Å². The van der Waals surface area contributed by atoms with Gasteiger partial charge in [0.05, 0.1) is 0 Å². The summed E-state index contributed by atoms with van der Waals surface area (Å²) in [6, 6.07) is 1.17. The van der Waals surface area contributed by atoms with Gasteiger partial charge in [0.2, 0.25) is 0 Å². The summed E-state index contributed by atoms with van der Waals surface area (Å²) in [6.07, 6.45) is 6.06. The average molecular weight is 249 g/mol. The lowest BCUT2D eigenvalue weighted by molar-refractivity contribution is 0.436. The van der Waals surface area contributed by atoms with Gasteiger partial charge < -0.3 is 5.73 Å². The Balaban J connectivity index is 0. The van der Waals surface area contributed by atoms with E-state index < -0.39 is 0 Å². The second-order valence-corrected chi connectivity index (χ2v) is 4.89. The van der Waals surface area contributed by atoms with E-state index in [-0.39, 0.29) is 0 Å². The molecule has 0 saturated heterocycles. The van der Waals surface area contributed by atoms with Crippen LogP contribution in [0.5, 0.6) is 0 Å². The van der Waals surface area contributed by atoms with Crippen LogP contribution < -0.4 is 5.73 Å². The van der Waals surface area contributed by atoms with Gasteiger partial charge in [-0.25, -0.2) is 0 Å². The van der Waals surface area contributed by atoms with Crippen molar-refractivity contribution in [2.45, 2.75) is 66.7 Å². The summed E-state index contributed by atoms with van der Waals surface area (Å²) in [4.78, 5) is 0. The van der Waals surface area contributed by atoms with Gasteiger partial charge in [-0.3, -0.25) is 0 Å². The Morgan fingerprint density at radius 2 is 1.44 bits per heavy atom. The van der Waals surface area contributed by atoms with E-state index in [0.717, 1.165) is 18.7 Å². The third-order valence-electron chi connectivity index (χ3n) is 3.10. The predicted molar refractivity (Wildman–Crippen MR) is 76.6 cm³/mol. The first-order valence-corrected chi connectivity index (χ1v) is 7.26. The Hall–Kier alpha value is 0.250. The normalized spacial score (nSPS) is 14.2. The van der Waals surface area contributed by atoms with Crippen molar-refractivity contribution in [3.63, 3.8) is 0 Å². The van der Waals surface area contributed by atoms with Gasteiger partial charge in [-0.1, -0.05) is 60.3 Å². The molecule has 2 heteroatoms. The fourth-order valence-corrected chi connectivity index (χ4v) is 1.49. The van der Waals surface area contributed by atoms with Gasteiger partial charge in [0.15, 0.2) is 0 Å². The SMILES string of the molecule is CCC(C)[C](N)C(C)CC.CCCCCCl. The molecule has 0 aromatic carbocycles. The molecule has 2 N–H and O–H groups in total. The quantitative estimate of drug-likeness (QED) is 0.499. The van der Waals surface area contributed by atoms with E-state index in [0.29, 0.717) is 11.8 Å². The predicted octanol–water partition coefficient (Wildman–Crippen LogP) is 4.98. The summed E-state index contributed by atoms with van der Waals surface area (Å²) in [5.41, 5.74) is 5.90. The molecule has 0 rings (SSSR count). The van der Waals surface area contributed by atoms with Crippen LogP contribution in [0, 0.1) is 17.9 Å². The molecule has 0 amide bonds. The van der Waals surface area contributed by atoms with Gasteiger partial charge in [0.25, 0.3) is 0 Å². The van der Waals surface area contributed by atoms with Crippen LogP contribution in [0.4, 0.5) is 0 Å². The van der Waals surface area contributed by atoms with Crippen molar-refractivity contribution in [3.8, 4) is 0 Å². The van der Waals surface area contributed by atoms with E-state index >= 15 is 0 Å². The van der Waals surface area contributed by atoms with Crippen molar-refractivity contribution < 1.29 is 0 Å². The second-order valence-electron chi connectivity index (χ2n) is 4.51. The molecule has 0 aliphatic carbocycles. The average Bonchev–Trinajstić information content (AvgIpc) is 2.34. The molecule has 0 aliphatic heterocycles. The molecule has 0 heterocycles. The summed E-state index contributed by atoms with van der Waals surface area (Å²) in [5.74, 6) is 2.01. The minimum absolute atomic E-state index is 0.593. The Kier molecular flexibility index (Phi) is 15.5. The first kappa shape index (κ1) is 18.6. The molecule has 2 atom stereocenters.